The van der Waals surface area contributed by atoms with E-state index in [0.717, 1.165) is 11.3 Å². The molecule has 0 fully saturated rings. The van der Waals surface area contributed by atoms with Crippen molar-refractivity contribution < 1.29 is 4.42 Å². The molecule has 3 heteroatoms. The number of hydrazine groups is 1. The normalized spacial score (nSPS) is 12.7. The Morgan fingerprint density at radius 1 is 1.18 bits per heavy atom. The van der Waals surface area contributed by atoms with E-state index >= 15 is 0 Å². The molecule has 2 aromatic rings. The summed E-state index contributed by atoms with van der Waals surface area (Å²) < 4.78 is 5.34. The average molecular weight is 230 g/mol. The first-order chi connectivity index (χ1) is 8.11. The summed E-state index contributed by atoms with van der Waals surface area (Å²) >= 11 is 0. The maximum Gasteiger partial charge on any atom is 0.101 e. The molecule has 0 saturated carbocycles. The molecule has 0 amide bonds. The Hall–Kier alpha value is -1.58. The number of hydrogen-bond donors (Lipinski definition) is 2. The highest BCUT2D eigenvalue weighted by molar-refractivity contribution is 5.38. The molecule has 0 bridgehead atoms. The first kappa shape index (κ1) is 11.9. The number of nitrogens with one attached hydrogen (secondary N) is 1. The molecular formula is C14H18N2O. The van der Waals surface area contributed by atoms with E-state index in [1.807, 2.05) is 13.0 Å². The molecule has 0 saturated heterocycles. The van der Waals surface area contributed by atoms with Crippen LogP contribution in [-0.2, 0) is 0 Å². The van der Waals surface area contributed by atoms with Crippen LogP contribution in [0, 0.1) is 20.8 Å². The predicted molar refractivity (Wildman–Crippen MR) is 68.5 cm³/mol. The van der Waals surface area contributed by atoms with E-state index in [0.29, 0.717) is 0 Å². The second kappa shape index (κ2) is 4.73. The maximum absolute atomic E-state index is 5.67. The van der Waals surface area contributed by atoms with Crippen molar-refractivity contribution in [3.63, 3.8) is 0 Å². The highest BCUT2D eigenvalue weighted by atomic mass is 16.3. The standard InChI is InChI=1S/C14H18N2O/c1-9-4-5-10(2)13(6-9)14(16-15)12-7-11(3)17-8-12/h4-8,14,16H,15H2,1-3H3. The van der Waals surface area contributed by atoms with E-state index in [4.69, 9.17) is 10.3 Å². The number of hydrogen-bond acceptors (Lipinski definition) is 3. The van der Waals surface area contributed by atoms with Crippen LogP contribution in [0.3, 0.4) is 0 Å². The van der Waals surface area contributed by atoms with Crippen molar-refractivity contribution in [1.29, 1.82) is 0 Å². The van der Waals surface area contributed by atoms with E-state index in [2.05, 4.69) is 37.5 Å². The minimum absolute atomic E-state index is 0.0210. The predicted octanol–water partition coefficient (Wildman–Crippen LogP) is 2.76. The molecule has 1 unspecified atom stereocenters. The van der Waals surface area contributed by atoms with Crippen LogP contribution >= 0.6 is 0 Å². The van der Waals surface area contributed by atoms with Gasteiger partial charge in [-0.1, -0.05) is 23.8 Å². The minimum Gasteiger partial charge on any atom is -0.469 e. The molecule has 17 heavy (non-hydrogen) atoms. The Morgan fingerprint density at radius 3 is 2.53 bits per heavy atom. The van der Waals surface area contributed by atoms with Crippen molar-refractivity contribution in [2.24, 2.45) is 5.84 Å². The van der Waals surface area contributed by atoms with Crippen molar-refractivity contribution in [2.45, 2.75) is 26.8 Å². The van der Waals surface area contributed by atoms with Gasteiger partial charge in [-0.05, 0) is 38.0 Å². The van der Waals surface area contributed by atoms with Crippen LogP contribution in [0.1, 0.15) is 34.1 Å². The number of nitrogens with two attached hydrogens (primary N) is 1. The quantitative estimate of drug-likeness (QED) is 0.629. The molecule has 3 nitrogen and oxygen atoms in total. The fourth-order valence-electron chi connectivity index (χ4n) is 2.05. The van der Waals surface area contributed by atoms with Gasteiger partial charge >= 0.3 is 0 Å². The van der Waals surface area contributed by atoms with Gasteiger partial charge in [0.15, 0.2) is 0 Å². The first-order valence-electron chi connectivity index (χ1n) is 5.70. The summed E-state index contributed by atoms with van der Waals surface area (Å²) in [5, 5.41) is 0. The summed E-state index contributed by atoms with van der Waals surface area (Å²) in [6, 6.07) is 8.36. The third-order valence-corrected chi connectivity index (χ3v) is 3.00. The summed E-state index contributed by atoms with van der Waals surface area (Å²) in [6.07, 6.45) is 1.75. The lowest BCUT2D eigenvalue weighted by atomic mass is 9.95. The van der Waals surface area contributed by atoms with Gasteiger partial charge in [0.2, 0.25) is 0 Å². The monoisotopic (exact) mass is 230 g/mol. The third kappa shape index (κ3) is 2.40. The molecule has 90 valence electrons. The first-order valence-corrected chi connectivity index (χ1v) is 5.70. The van der Waals surface area contributed by atoms with Gasteiger partial charge in [0.1, 0.15) is 5.76 Å². The van der Waals surface area contributed by atoms with Crippen LogP contribution in [0.2, 0.25) is 0 Å². The zero-order valence-corrected chi connectivity index (χ0v) is 10.4. The molecule has 1 aromatic carbocycles. The Labute approximate surface area is 102 Å². The molecule has 1 atom stereocenters. The van der Waals surface area contributed by atoms with Crippen LogP contribution in [0.15, 0.2) is 34.9 Å². The molecule has 0 aliphatic rings. The summed E-state index contributed by atoms with van der Waals surface area (Å²) in [6.45, 7) is 6.10. The topological polar surface area (TPSA) is 51.2 Å². The fourth-order valence-corrected chi connectivity index (χ4v) is 2.05. The summed E-state index contributed by atoms with van der Waals surface area (Å²) in [4.78, 5) is 0. The van der Waals surface area contributed by atoms with Gasteiger partial charge in [-0.3, -0.25) is 5.84 Å². The van der Waals surface area contributed by atoms with Gasteiger partial charge in [0.25, 0.3) is 0 Å². The molecule has 1 aromatic heterocycles. The average Bonchev–Trinajstić information content (AvgIpc) is 2.71. The molecule has 0 aliphatic heterocycles. The molecule has 3 N–H and O–H groups in total. The summed E-state index contributed by atoms with van der Waals surface area (Å²) in [5.41, 5.74) is 7.55. The van der Waals surface area contributed by atoms with Crippen molar-refractivity contribution in [3.8, 4) is 0 Å². The van der Waals surface area contributed by atoms with Crippen LogP contribution < -0.4 is 11.3 Å². The van der Waals surface area contributed by atoms with E-state index in [1.165, 1.54) is 16.7 Å². The zero-order valence-electron chi connectivity index (χ0n) is 10.4. The van der Waals surface area contributed by atoms with Crippen LogP contribution in [0.4, 0.5) is 0 Å². The van der Waals surface area contributed by atoms with Crippen LogP contribution in [0.25, 0.3) is 0 Å². The second-order valence-corrected chi connectivity index (χ2v) is 4.45. The number of aryl methyl sites for hydroxylation is 3. The fraction of sp³-hybridized carbons (Fsp3) is 0.286. The van der Waals surface area contributed by atoms with Crippen molar-refractivity contribution in [3.05, 3.63) is 58.5 Å². The van der Waals surface area contributed by atoms with Crippen LogP contribution in [0.5, 0.6) is 0 Å². The number of benzene rings is 1. The summed E-state index contributed by atoms with van der Waals surface area (Å²) in [7, 11) is 0. The van der Waals surface area contributed by atoms with Gasteiger partial charge in [0.05, 0.1) is 12.3 Å². The van der Waals surface area contributed by atoms with Crippen LogP contribution in [-0.4, -0.2) is 0 Å². The lowest BCUT2D eigenvalue weighted by Gasteiger charge is -2.17. The summed E-state index contributed by atoms with van der Waals surface area (Å²) in [5.74, 6) is 6.57. The van der Waals surface area contributed by atoms with E-state index < -0.39 is 0 Å². The van der Waals surface area contributed by atoms with Gasteiger partial charge < -0.3 is 4.42 Å². The number of furan rings is 1. The van der Waals surface area contributed by atoms with Crippen molar-refractivity contribution in [1.82, 2.24) is 5.43 Å². The Balaban J connectivity index is 2.45. The smallest absolute Gasteiger partial charge is 0.101 e. The van der Waals surface area contributed by atoms with E-state index in [-0.39, 0.29) is 6.04 Å². The SMILES string of the molecule is Cc1ccc(C)c(C(NN)c2coc(C)c2)c1. The van der Waals surface area contributed by atoms with Gasteiger partial charge in [-0.2, -0.15) is 0 Å². The highest BCUT2D eigenvalue weighted by Crippen LogP contribution is 2.26. The van der Waals surface area contributed by atoms with E-state index in [9.17, 15) is 0 Å². The molecule has 2 rings (SSSR count). The van der Waals surface area contributed by atoms with E-state index in [1.54, 1.807) is 6.26 Å². The maximum atomic E-state index is 5.67. The number of rotatable bonds is 3. The van der Waals surface area contributed by atoms with Gasteiger partial charge in [-0.25, -0.2) is 5.43 Å². The Kier molecular flexibility index (Phi) is 3.31. The minimum atomic E-state index is -0.0210. The lowest BCUT2D eigenvalue weighted by Crippen LogP contribution is -2.29. The zero-order chi connectivity index (χ0) is 12.4. The lowest BCUT2D eigenvalue weighted by molar-refractivity contribution is 0.525. The van der Waals surface area contributed by atoms with Gasteiger partial charge in [0, 0.05) is 5.56 Å². The molecule has 0 spiro atoms. The molecule has 1 heterocycles. The molecular weight excluding hydrogens is 212 g/mol. The van der Waals surface area contributed by atoms with Crippen molar-refractivity contribution in [2.75, 3.05) is 0 Å². The second-order valence-electron chi connectivity index (χ2n) is 4.45. The van der Waals surface area contributed by atoms with Crippen molar-refractivity contribution >= 4 is 0 Å². The molecule has 0 radical (unpaired) electrons. The highest BCUT2D eigenvalue weighted by Gasteiger charge is 2.16. The Morgan fingerprint density at radius 2 is 1.94 bits per heavy atom. The third-order valence-electron chi connectivity index (χ3n) is 3.00. The molecule has 0 aliphatic carbocycles. The largest absolute Gasteiger partial charge is 0.469 e. The Bertz CT molecular complexity index is 517. The van der Waals surface area contributed by atoms with Gasteiger partial charge in [-0.15, -0.1) is 0 Å².